The lowest BCUT2D eigenvalue weighted by molar-refractivity contribution is -0.118. The van der Waals surface area contributed by atoms with Crippen molar-refractivity contribution in [3.63, 3.8) is 0 Å². The molecule has 3 rings (SSSR count). The van der Waals surface area contributed by atoms with Crippen molar-refractivity contribution in [1.82, 2.24) is 0 Å². The summed E-state index contributed by atoms with van der Waals surface area (Å²) in [6.07, 6.45) is 2.66. The van der Waals surface area contributed by atoms with Gasteiger partial charge in [0.1, 0.15) is 5.82 Å². The van der Waals surface area contributed by atoms with Crippen LogP contribution in [0, 0.1) is 5.82 Å². The summed E-state index contributed by atoms with van der Waals surface area (Å²) < 4.78 is 12.9. The molecule has 0 unspecified atom stereocenters. The van der Waals surface area contributed by atoms with Crippen LogP contribution in [0.15, 0.2) is 77.8 Å². The van der Waals surface area contributed by atoms with Gasteiger partial charge in [-0.15, -0.1) is 0 Å². The summed E-state index contributed by atoms with van der Waals surface area (Å²) in [6.45, 7) is 0. The molecular weight excluding hydrogens is 323 g/mol. The van der Waals surface area contributed by atoms with Crippen LogP contribution < -0.4 is 0 Å². The van der Waals surface area contributed by atoms with Crippen molar-refractivity contribution in [1.29, 1.82) is 0 Å². The molecule has 0 radical (unpaired) electrons. The molecule has 0 spiro atoms. The third-order valence-electron chi connectivity index (χ3n) is 3.77. The normalized spacial score (nSPS) is 15.4. The number of carbonyl (C=O) groups excluding carboxylic acids is 2. The summed E-state index contributed by atoms with van der Waals surface area (Å²) in [4.78, 5) is 24.7. The van der Waals surface area contributed by atoms with E-state index < -0.39 is 28.9 Å². The lowest BCUT2D eigenvalue weighted by Gasteiger charge is -2.16. The van der Waals surface area contributed by atoms with Crippen molar-refractivity contribution >= 4 is 23.2 Å². The maximum Gasteiger partial charge on any atom is 0.232 e. The van der Waals surface area contributed by atoms with Crippen molar-refractivity contribution in [2.75, 3.05) is 0 Å². The van der Waals surface area contributed by atoms with Crippen molar-refractivity contribution in [2.24, 2.45) is 0 Å². The van der Waals surface area contributed by atoms with Gasteiger partial charge in [-0.1, -0.05) is 48.5 Å². The third kappa shape index (κ3) is 3.12. The zero-order valence-electron chi connectivity index (χ0n) is 12.9. The predicted molar refractivity (Wildman–Crippen MR) is 91.1 cm³/mol. The van der Waals surface area contributed by atoms with E-state index in [-0.39, 0.29) is 11.1 Å². The molecule has 0 aliphatic heterocycles. The SMILES string of the molecule is O=C1C(O)=C(c2ccccc2)C(=O)C(O)=C1/C=C/c1ccc(F)cc1. The maximum absolute atomic E-state index is 12.9. The Morgan fingerprint density at radius 2 is 1.40 bits per heavy atom. The predicted octanol–water partition coefficient (Wildman–Crippen LogP) is 3.77. The molecule has 0 aromatic heterocycles. The average molecular weight is 336 g/mol. The van der Waals surface area contributed by atoms with Gasteiger partial charge in [-0.25, -0.2) is 4.39 Å². The zero-order valence-corrected chi connectivity index (χ0v) is 12.9. The number of aliphatic hydroxyl groups is 2. The molecule has 124 valence electrons. The first-order valence-corrected chi connectivity index (χ1v) is 7.44. The van der Waals surface area contributed by atoms with Gasteiger partial charge in [0.05, 0.1) is 11.1 Å². The highest BCUT2D eigenvalue weighted by Gasteiger charge is 2.34. The molecule has 0 amide bonds. The topological polar surface area (TPSA) is 74.6 Å². The van der Waals surface area contributed by atoms with Gasteiger partial charge in [-0.05, 0) is 29.3 Å². The highest BCUT2D eigenvalue weighted by molar-refractivity contribution is 6.38. The molecule has 2 aromatic rings. The van der Waals surface area contributed by atoms with Gasteiger partial charge >= 0.3 is 0 Å². The van der Waals surface area contributed by atoms with Crippen LogP contribution in [0.2, 0.25) is 0 Å². The van der Waals surface area contributed by atoms with Crippen LogP contribution in [0.3, 0.4) is 0 Å². The molecule has 2 aromatic carbocycles. The second-order valence-electron chi connectivity index (χ2n) is 5.40. The molecule has 5 heteroatoms. The Kier molecular flexibility index (Phi) is 4.31. The number of hydrogen-bond donors (Lipinski definition) is 2. The van der Waals surface area contributed by atoms with Gasteiger partial charge in [0.2, 0.25) is 11.6 Å². The Balaban J connectivity index is 1.98. The average Bonchev–Trinajstić information content (AvgIpc) is 2.63. The van der Waals surface area contributed by atoms with E-state index in [2.05, 4.69) is 0 Å². The zero-order chi connectivity index (χ0) is 18.0. The monoisotopic (exact) mass is 336 g/mol. The quantitative estimate of drug-likeness (QED) is 0.837. The number of aliphatic hydroxyl groups excluding tert-OH is 2. The molecule has 1 aliphatic rings. The standard InChI is InChI=1S/C20H13FO4/c21-14-9-6-12(7-10-14)8-11-15-17(22)19(24)16(20(25)18(15)23)13-4-2-1-3-5-13/h1-11,22,25H/b11-8+. The summed E-state index contributed by atoms with van der Waals surface area (Å²) >= 11 is 0. The fourth-order valence-corrected chi connectivity index (χ4v) is 2.48. The van der Waals surface area contributed by atoms with Crippen LogP contribution in [0.5, 0.6) is 0 Å². The van der Waals surface area contributed by atoms with Crippen LogP contribution in [-0.2, 0) is 9.59 Å². The number of ketones is 2. The van der Waals surface area contributed by atoms with Gasteiger partial charge in [-0.2, -0.15) is 0 Å². The van der Waals surface area contributed by atoms with Gasteiger partial charge in [-0.3, -0.25) is 9.59 Å². The molecule has 4 nitrogen and oxygen atoms in total. The first-order chi connectivity index (χ1) is 12.0. The van der Waals surface area contributed by atoms with Crippen molar-refractivity contribution in [2.45, 2.75) is 0 Å². The maximum atomic E-state index is 12.9. The van der Waals surface area contributed by atoms with E-state index in [1.54, 1.807) is 30.3 Å². The summed E-state index contributed by atoms with van der Waals surface area (Å²) in [6, 6.07) is 13.6. The number of Topliss-reactive ketones (excluding diaryl/α,β-unsaturated/α-hetero) is 2. The Bertz CT molecular complexity index is 935. The minimum Gasteiger partial charge on any atom is -0.504 e. The molecule has 0 atom stereocenters. The summed E-state index contributed by atoms with van der Waals surface area (Å²) in [7, 11) is 0. The Labute approximate surface area is 142 Å². The fourth-order valence-electron chi connectivity index (χ4n) is 2.48. The van der Waals surface area contributed by atoms with Crippen LogP contribution in [0.1, 0.15) is 11.1 Å². The molecule has 25 heavy (non-hydrogen) atoms. The summed E-state index contributed by atoms with van der Waals surface area (Å²) in [5.41, 5.74) is 0.360. The van der Waals surface area contributed by atoms with Crippen LogP contribution >= 0.6 is 0 Å². The van der Waals surface area contributed by atoms with E-state index in [0.29, 0.717) is 11.1 Å². The highest BCUT2D eigenvalue weighted by atomic mass is 19.1. The number of hydrogen-bond acceptors (Lipinski definition) is 4. The molecular formula is C20H13FO4. The van der Waals surface area contributed by atoms with E-state index >= 15 is 0 Å². The number of halogens is 1. The Morgan fingerprint density at radius 3 is 2.04 bits per heavy atom. The molecule has 0 fully saturated rings. The van der Waals surface area contributed by atoms with Crippen molar-refractivity contribution in [3.8, 4) is 0 Å². The molecule has 1 aliphatic carbocycles. The van der Waals surface area contributed by atoms with Crippen molar-refractivity contribution in [3.05, 3.63) is 94.7 Å². The second-order valence-corrected chi connectivity index (χ2v) is 5.40. The second kappa shape index (κ2) is 6.57. The summed E-state index contributed by atoms with van der Waals surface area (Å²) in [5, 5.41) is 20.3. The lowest BCUT2D eigenvalue weighted by Crippen LogP contribution is -2.22. The first kappa shape index (κ1) is 16.4. The number of benzene rings is 2. The highest BCUT2D eigenvalue weighted by Crippen LogP contribution is 2.30. The number of carbonyl (C=O) groups is 2. The molecule has 2 N–H and O–H groups in total. The van der Waals surface area contributed by atoms with Gasteiger partial charge in [0.15, 0.2) is 11.5 Å². The molecule has 0 heterocycles. The summed E-state index contributed by atoms with van der Waals surface area (Å²) in [5.74, 6) is -3.54. The fraction of sp³-hybridized carbons (Fsp3) is 0. The van der Waals surface area contributed by atoms with Gasteiger partial charge in [0, 0.05) is 0 Å². The van der Waals surface area contributed by atoms with Crippen LogP contribution in [0.4, 0.5) is 4.39 Å². The van der Waals surface area contributed by atoms with Crippen LogP contribution in [-0.4, -0.2) is 21.8 Å². The largest absolute Gasteiger partial charge is 0.504 e. The third-order valence-corrected chi connectivity index (χ3v) is 3.77. The van der Waals surface area contributed by atoms with Crippen molar-refractivity contribution < 1.29 is 24.2 Å². The van der Waals surface area contributed by atoms with Gasteiger partial charge in [0.25, 0.3) is 0 Å². The van der Waals surface area contributed by atoms with Gasteiger partial charge < -0.3 is 10.2 Å². The smallest absolute Gasteiger partial charge is 0.232 e. The van der Waals surface area contributed by atoms with Crippen LogP contribution in [0.25, 0.3) is 11.6 Å². The Morgan fingerprint density at radius 1 is 0.760 bits per heavy atom. The molecule has 0 saturated carbocycles. The lowest BCUT2D eigenvalue weighted by atomic mass is 9.89. The minimum absolute atomic E-state index is 0.234. The van der Waals surface area contributed by atoms with E-state index in [0.717, 1.165) is 0 Å². The first-order valence-electron chi connectivity index (χ1n) is 7.44. The molecule has 0 bridgehead atoms. The number of allylic oxidation sites excluding steroid dienone is 3. The molecule has 0 saturated heterocycles. The van der Waals surface area contributed by atoms with E-state index in [4.69, 9.17) is 0 Å². The Hall–Kier alpha value is -3.47. The van der Waals surface area contributed by atoms with E-state index in [1.165, 1.54) is 36.4 Å². The van der Waals surface area contributed by atoms with E-state index in [9.17, 15) is 24.2 Å². The minimum atomic E-state index is -0.852. The number of rotatable bonds is 3. The van der Waals surface area contributed by atoms with E-state index in [1.807, 2.05) is 0 Å².